The predicted octanol–water partition coefficient (Wildman–Crippen LogP) is 1.70. The SMILES string of the molecule is Cc1cc(-c2ccc(F)cc2F)cc(C(=O)NC(CC(N)=O)C(=O)O)c1O. The molecule has 2 amide bonds. The minimum absolute atomic E-state index is 0.0135. The van der Waals surface area contributed by atoms with Crippen LogP contribution in [-0.2, 0) is 9.59 Å². The van der Waals surface area contributed by atoms with Crippen LogP contribution < -0.4 is 11.1 Å². The van der Waals surface area contributed by atoms with Crippen molar-refractivity contribution in [3.05, 3.63) is 53.1 Å². The highest BCUT2D eigenvalue weighted by Crippen LogP contribution is 2.31. The van der Waals surface area contributed by atoms with Gasteiger partial charge in [-0.05, 0) is 42.3 Å². The molecule has 2 rings (SSSR count). The third kappa shape index (κ3) is 4.57. The van der Waals surface area contributed by atoms with E-state index in [1.807, 2.05) is 0 Å². The molecular formula is C18H16F2N2O5. The highest BCUT2D eigenvalue weighted by atomic mass is 19.1. The number of hydrogen-bond acceptors (Lipinski definition) is 4. The second-order valence-corrected chi connectivity index (χ2v) is 5.85. The monoisotopic (exact) mass is 378 g/mol. The molecule has 0 bridgehead atoms. The largest absolute Gasteiger partial charge is 0.507 e. The molecule has 0 saturated carbocycles. The van der Waals surface area contributed by atoms with E-state index in [9.17, 15) is 28.3 Å². The van der Waals surface area contributed by atoms with Gasteiger partial charge in [-0.3, -0.25) is 9.59 Å². The first-order valence-electron chi connectivity index (χ1n) is 7.71. The van der Waals surface area contributed by atoms with Gasteiger partial charge in [0.25, 0.3) is 5.91 Å². The molecule has 2 aromatic carbocycles. The van der Waals surface area contributed by atoms with Crippen molar-refractivity contribution in [1.82, 2.24) is 5.32 Å². The zero-order valence-electron chi connectivity index (χ0n) is 14.1. The Kier molecular flexibility index (Phi) is 5.74. The fourth-order valence-corrected chi connectivity index (χ4v) is 2.47. The molecule has 2 aromatic rings. The molecule has 0 aliphatic carbocycles. The fraction of sp³-hybridized carbons (Fsp3) is 0.167. The highest BCUT2D eigenvalue weighted by molar-refractivity contribution is 6.01. The fourth-order valence-electron chi connectivity index (χ4n) is 2.47. The number of carbonyl (C=O) groups is 3. The van der Waals surface area contributed by atoms with Gasteiger partial charge in [0.1, 0.15) is 23.4 Å². The lowest BCUT2D eigenvalue weighted by Crippen LogP contribution is -2.43. The van der Waals surface area contributed by atoms with Crippen LogP contribution in [0.3, 0.4) is 0 Å². The Morgan fingerprint density at radius 1 is 1.19 bits per heavy atom. The minimum atomic E-state index is -1.60. The number of benzene rings is 2. The number of phenolic OH excluding ortho intramolecular Hbond substituents is 1. The lowest BCUT2D eigenvalue weighted by molar-refractivity contribution is -0.140. The summed E-state index contributed by atoms with van der Waals surface area (Å²) >= 11 is 0. The number of primary amides is 1. The quantitative estimate of drug-likeness (QED) is 0.608. The average Bonchev–Trinajstić information content (AvgIpc) is 2.56. The molecule has 0 aromatic heterocycles. The molecule has 7 nitrogen and oxygen atoms in total. The number of carboxylic acids is 1. The second kappa shape index (κ2) is 7.81. The Morgan fingerprint density at radius 2 is 1.85 bits per heavy atom. The molecule has 27 heavy (non-hydrogen) atoms. The number of aryl methyl sites for hydroxylation is 1. The molecule has 9 heteroatoms. The Morgan fingerprint density at radius 3 is 2.41 bits per heavy atom. The molecule has 1 atom stereocenters. The van der Waals surface area contributed by atoms with E-state index in [0.29, 0.717) is 6.07 Å². The predicted molar refractivity (Wildman–Crippen MR) is 90.9 cm³/mol. The molecule has 142 valence electrons. The van der Waals surface area contributed by atoms with E-state index in [-0.39, 0.29) is 22.3 Å². The van der Waals surface area contributed by atoms with Crippen molar-refractivity contribution in [1.29, 1.82) is 0 Å². The van der Waals surface area contributed by atoms with Crippen molar-refractivity contribution < 1.29 is 33.4 Å². The topological polar surface area (TPSA) is 130 Å². The van der Waals surface area contributed by atoms with E-state index >= 15 is 0 Å². The van der Waals surface area contributed by atoms with Gasteiger partial charge in [0.2, 0.25) is 5.91 Å². The average molecular weight is 378 g/mol. The normalized spacial score (nSPS) is 11.7. The number of hydrogen-bond donors (Lipinski definition) is 4. The van der Waals surface area contributed by atoms with E-state index in [0.717, 1.165) is 12.1 Å². The van der Waals surface area contributed by atoms with Gasteiger partial charge in [0.15, 0.2) is 0 Å². The van der Waals surface area contributed by atoms with Crippen molar-refractivity contribution in [2.75, 3.05) is 0 Å². The number of nitrogens with two attached hydrogens (primary N) is 1. The molecule has 0 fully saturated rings. The van der Waals surface area contributed by atoms with Gasteiger partial charge in [-0.25, -0.2) is 13.6 Å². The summed E-state index contributed by atoms with van der Waals surface area (Å²) in [6.45, 7) is 1.45. The number of phenols is 1. The Labute approximate surface area is 152 Å². The van der Waals surface area contributed by atoms with Crippen LogP contribution in [0.15, 0.2) is 30.3 Å². The van der Waals surface area contributed by atoms with Crippen LogP contribution >= 0.6 is 0 Å². The second-order valence-electron chi connectivity index (χ2n) is 5.85. The lowest BCUT2D eigenvalue weighted by Gasteiger charge is -2.15. The number of nitrogens with one attached hydrogen (secondary N) is 1. The van der Waals surface area contributed by atoms with E-state index in [4.69, 9.17) is 10.8 Å². The summed E-state index contributed by atoms with van der Waals surface area (Å²) in [6, 6.07) is 3.81. The zero-order chi connectivity index (χ0) is 20.3. The van der Waals surface area contributed by atoms with Crippen molar-refractivity contribution in [3.63, 3.8) is 0 Å². The number of amides is 2. The highest BCUT2D eigenvalue weighted by Gasteiger charge is 2.25. The summed E-state index contributed by atoms with van der Waals surface area (Å²) in [5.74, 6) is -5.51. The molecule has 0 saturated heterocycles. The summed E-state index contributed by atoms with van der Waals surface area (Å²) in [6.07, 6.45) is -0.646. The van der Waals surface area contributed by atoms with Gasteiger partial charge in [-0.1, -0.05) is 0 Å². The van der Waals surface area contributed by atoms with Gasteiger partial charge in [0, 0.05) is 11.6 Å². The van der Waals surface area contributed by atoms with Crippen LogP contribution in [0.25, 0.3) is 11.1 Å². The smallest absolute Gasteiger partial charge is 0.326 e. The summed E-state index contributed by atoms with van der Waals surface area (Å²) in [5, 5.41) is 21.3. The van der Waals surface area contributed by atoms with Crippen molar-refractivity contribution in [3.8, 4) is 16.9 Å². The maximum absolute atomic E-state index is 14.0. The van der Waals surface area contributed by atoms with Crippen LogP contribution in [0.2, 0.25) is 0 Å². The van der Waals surface area contributed by atoms with Gasteiger partial charge >= 0.3 is 5.97 Å². The lowest BCUT2D eigenvalue weighted by atomic mass is 9.98. The first kappa shape index (κ1) is 19.8. The number of aliphatic carboxylic acids is 1. The van der Waals surface area contributed by atoms with Crippen molar-refractivity contribution in [2.24, 2.45) is 5.73 Å². The maximum atomic E-state index is 14.0. The van der Waals surface area contributed by atoms with E-state index in [1.54, 1.807) is 0 Å². The molecule has 1 unspecified atom stereocenters. The van der Waals surface area contributed by atoms with Gasteiger partial charge in [0.05, 0.1) is 12.0 Å². The van der Waals surface area contributed by atoms with Crippen LogP contribution in [0, 0.1) is 18.6 Å². The third-order valence-corrected chi connectivity index (χ3v) is 3.80. The van der Waals surface area contributed by atoms with Crippen LogP contribution in [0.4, 0.5) is 8.78 Å². The summed E-state index contributed by atoms with van der Waals surface area (Å²) < 4.78 is 27.1. The number of carbonyl (C=O) groups excluding carboxylic acids is 2. The number of carboxylic acid groups (broad SMARTS) is 1. The standard InChI is InChI=1S/C18H16F2N2O5/c1-8-4-9(11-3-2-10(19)6-13(11)20)5-12(16(8)24)17(25)22-14(18(26)27)7-15(21)23/h2-6,14,24H,7H2,1H3,(H2,21,23)(H,22,25)(H,26,27). The van der Waals surface area contributed by atoms with E-state index < -0.39 is 47.6 Å². The van der Waals surface area contributed by atoms with Gasteiger partial charge in [-0.2, -0.15) is 0 Å². The van der Waals surface area contributed by atoms with Gasteiger partial charge < -0.3 is 21.3 Å². The maximum Gasteiger partial charge on any atom is 0.326 e. The Bertz CT molecular complexity index is 930. The summed E-state index contributed by atoms with van der Waals surface area (Å²) in [7, 11) is 0. The Hall–Kier alpha value is -3.49. The van der Waals surface area contributed by atoms with Crippen LogP contribution in [-0.4, -0.2) is 34.0 Å². The first-order chi connectivity index (χ1) is 12.6. The van der Waals surface area contributed by atoms with Gasteiger partial charge in [-0.15, -0.1) is 0 Å². The molecule has 0 heterocycles. The zero-order valence-corrected chi connectivity index (χ0v) is 14.1. The van der Waals surface area contributed by atoms with Crippen molar-refractivity contribution in [2.45, 2.75) is 19.4 Å². The van der Waals surface area contributed by atoms with E-state index in [2.05, 4.69) is 5.32 Å². The molecule has 0 aliphatic heterocycles. The van der Waals surface area contributed by atoms with Crippen LogP contribution in [0.1, 0.15) is 22.3 Å². The third-order valence-electron chi connectivity index (χ3n) is 3.80. The van der Waals surface area contributed by atoms with E-state index in [1.165, 1.54) is 19.1 Å². The Balaban J connectivity index is 2.44. The van der Waals surface area contributed by atoms with Crippen molar-refractivity contribution >= 4 is 17.8 Å². The molecular weight excluding hydrogens is 362 g/mol. The minimum Gasteiger partial charge on any atom is -0.507 e. The summed E-state index contributed by atoms with van der Waals surface area (Å²) in [4.78, 5) is 34.5. The summed E-state index contributed by atoms with van der Waals surface area (Å²) in [5.41, 5.74) is 5.00. The molecule has 0 radical (unpaired) electrons. The first-order valence-corrected chi connectivity index (χ1v) is 7.71. The number of rotatable bonds is 6. The molecule has 0 spiro atoms. The molecule has 0 aliphatic rings. The van der Waals surface area contributed by atoms with Crippen LogP contribution in [0.5, 0.6) is 5.75 Å². The number of halogens is 2. The number of aromatic hydroxyl groups is 1. The molecule has 5 N–H and O–H groups in total.